The van der Waals surface area contributed by atoms with E-state index >= 15 is 0 Å². The third-order valence-corrected chi connectivity index (χ3v) is 6.49. The molecule has 2 fully saturated rings. The molecular formula is C19H28N4O2S. The van der Waals surface area contributed by atoms with Gasteiger partial charge in [-0.25, -0.2) is 4.98 Å². The van der Waals surface area contributed by atoms with E-state index < -0.39 is 0 Å². The Labute approximate surface area is 159 Å². The van der Waals surface area contributed by atoms with Crippen LogP contribution >= 0.6 is 11.3 Å². The Morgan fingerprint density at radius 2 is 2.08 bits per heavy atom. The summed E-state index contributed by atoms with van der Waals surface area (Å²) in [5.41, 5.74) is 0.985. The first-order valence-corrected chi connectivity index (χ1v) is 10.3. The van der Waals surface area contributed by atoms with E-state index in [1.54, 1.807) is 11.3 Å². The minimum absolute atomic E-state index is 0.292. The van der Waals surface area contributed by atoms with Gasteiger partial charge in [-0.15, -0.1) is 11.3 Å². The van der Waals surface area contributed by atoms with Crippen molar-refractivity contribution < 1.29 is 9.52 Å². The molecule has 1 N–H and O–H groups in total. The van der Waals surface area contributed by atoms with Crippen molar-refractivity contribution in [1.82, 2.24) is 19.7 Å². The quantitative estimate of drug-likeness (QED) is 0.880. The first-order valence-electron chi connectivity index (χ1n) is 9.43. The van der Waals surface area contributed by atoms with Crippen LogP contribution in [0.25, 0.3) is 10.8 Å². The van der Waals surface area contributed by atoms with E-state index in [0.717, 1.165) is 62.0 Å². The van der Waals surface area contributed by atoms with Gasteiger partial charge in [-0.1, -0.05) is 6.07 Å². The third kappa shape index (κ3) is 3.87. The number of thiophene rings is 1. The average molecular weight is 377 g/mol. The number of rotatable bonds is 4. The summed E-state index contributed by atoms with van der Waals surface area (Å²) in [7, 11) is 2.17. The van der Waals surface area contributed by atoms with Crippen LogP contribution in [-0.2, 0) is 6.54 Å². The molecule has 26 heavy (non-hydrogen) atoms. The van der Waals surface area contributed by atoms with Crippen molar-refractivity contribution in [3.05, 3.63) is 29.0 Å². The number of likely N-dealkylation sites (N-methyl/N-ethyl adjacent to an activating group) is 1. The number of aliphatic hydroxyl groups excluding tert-OH is 1. The number of oxazole rings is 1. The summed E-state index contributed by atoms with van der Waals surface area (Å²) in [6.07, 6.45) is 0.718. The lowest BCUT2D eigenvalue weighted by Crippen LogP contribution is -2.58. The zero-order chi connectivity index (χ0) is 18.1. The van der Waals surface area contributed by atoms with E-state index in [0.29, 0.717) is 18.5 Å². The molecule has 2 atom stereocenters. The maximum Gasteiger partial charge on any atom is 0.236 e. The first-order chi connectivity index (χ1) is 12.6. The standard InChI is InChI=1S/C19H28N4O2S/c1-14-15(20-19(25-14)18-4-3-11-26-18)12-22-6-5-16(17(24)13-22)23-9-7-21(2)8-10-23/h3-4,11,16-17,24H,5-10,12-13H2,1-2H3/t16-,17-/m1/s1. The lowest BCUT2D eigenvalue weighted by Gasteiger charge is -2.44. The van der Waals surface area contributed by atoms with Crippen molar-refractivity contribution in [3.63, 3.8) is 0 Å². The Hall–Kier alpha value is -1.25. The number of β-amino-alcohol motifs (C(OH)–C–C–N with tert-alkyl or cyclic N) is 1. The van der Waals surface area contributed by atoms with Crippen molar-refractivity contribution in [1.29, 1.82) is 0 Å². The number of aliphatic hydroxyl groups is 1. The molecule has 0 amide bonds. The van der Waals surface area contributed by atoms with Crippen LogP contribution in [0.2, 0.25) is 0 Å². The van der Waals surface area contributed by atoms with Crippen molar-refractivity contribution in [2.24, 2.45) is 0 Å². The maximum absolute atomic E-state index is 10.7. The van der Waals surface area contributed by atoms with E-state index in [1.165, 1.54) is 0 Å². The highest BCUT2D eigenvalue weighted by molar-refractivity contribution is 7.13. The van der Waals surface area contributed by atoms with Gasteiger partial charge < -0.3 is 14.4 Å². The molecule has 0 bridgehead atoms. The molecule has 2 aromatic heterocycles. The van der Waals surface area contributed by atoms with E-state index in [2.05, 4.69) is 21.7 Å². The molecule has 0 aromatic carbocycles. The van der Waals surface area contributed by atoms with Crippen LogP contribution in [0.15, 0.2) is 21.9 Å². The lowest BCUT2D eigenvalue weighted by molar-refractivity contribution is -0.0289. The second kappa shape index (κ2) is 7.78. The van der Waals surface area contributed by atoms with E-state index in [1.807, 2.05) is 24.4 Å². The SMILES string of the molecule is Cc1oc(-c2cccs2)nc1CN1CC[C@@H](N2CCN(C)CC2)[C@H](O)C1. The van der Waals surface area contributed by atoms with Gasteiger partial charge in [-0.2, -0.15) is 0 Å². The minimum Gasteiger partial charge on any atom is -0.440 e. The van der Waals surface area contributed by atoms with Gasteiger partial charge in [0.15, 0.2) is 0 Å². The molecule has 0 saturated carbocycles. The van der Waals surface area contributed by atoms with Gasteiger partial charge in [-0.05, 0) is 31.8 Å². The predicted octanol–water partition coefficient (Wildman–Crippen LogP) is 1.89. The molecule has 6 nitrogen and oxygen atoms in total. The summed E-state index contributed by atoms with van der Waals surface area (Å²) in [5.74, 6) is 1.59. The Bertz CT molecular complexity index is 709. The van der Waals surface area contributed by atoms with Crippen LogP contribution in [0.5, 0.6) is 0 Å². The predicted molar refractivity (Wildman–Crippen MR) is 103 cm³/mol. The highest BCUT2D eigenvalue weighted by Crippen LogP contribution is 2.27. The fourth-order valence-electron chi connectivity index (χ4n) is 4.00. The molecule has 0 unspecified atom stereocenters. The Balaban J connectivity index is 1.36. The summed E-state index contributed by atoms with van der Waals surface area (Å²) in [6.45, 7) is 8.73. The Morgan fingerprint density at radius 3 is 2.77 bits per heavy atom. The fraction of sp³-hybridized carbons (Fsp3) is 0.632. The van der Waals surface area contributed by atoms with Gasteiger partial charge in [0.2, 0.25) is 5.89 Å². The fourth-order valence-corrected chi connectivity index (χ4v) is 4.65. The number of hydrogen-bond acceptors (Lipinski definition) is 7. The van der Waals surface area contributed by atoms with Gasteiger partial charge in [0, 0.05) is 51.9 Å². The minimum atomic E-state index is -0.295. The number of aryl methyl sites for hydroxylation is 1. The molecule has 2 aromatic rings. The van der Waals surface area contributed by atoms with Crippen LogP contribution in [0.4, 0.5) is 0 Å². The molecule has 2 saturated heterocycles. The molecule has 2 aliphatic heterocycles. The molecule has 7 heteroatoms. The van der Waals surface area contributed by atoms with E-state index in [9.17, 15) is 5.11 Å². The van der Waals surface area contributed by atoms with Gasteiger partial charge in [0.05, 0.1) is 16.7 Å². The molecule has 4 heterocycles. The lowest BCUT2D eigenvalue weighted by atomic mass is 9.99. The van der Waals surface area contributed by atoms with Gasteiger partial charge in [-0.3, -0.25) is 9.80 Å². The molecule has 0 aliphatic carbocycles. The van der Waals surface area contributed by atoms with Crippen molar-refractivity contribution >= 4 is 11.3 Å². The first kappa shape index (κ1) is 18.1. The number of aromatic nitrogens is 1. The second-order valence-electron chi connectivity index (χ2n) is 7.50. The van der Waals surface area contributed by atoms with Crippen molar-refractivity contribution in [2.45, 2.75) is 32.0 Å². The van der Waals surface area contributed by atoms with Crippen molar-refractivity contribution in [3.8, 4) is 10.8 Å². The highest BCUT2D eigenvalue weighted by atomic mass is 32.1. The zero-order valence-electron chi connectivity index (χ0n) is 15.6. The van der Waals surface area contributed by atoms with E-state index in [-0.39, 0.29) is 6.10 Å². The van der Waals surface area contributed by atoms with Gasteiger partial charge >= 0.3 is 0 Å². The van der Waals surface area contributed by atoms with Gasteiger partial charge in [0.1, 0.15) is 5.76 Å². The normalized spacial score (nSPS) is 26.4. The molecular weight excluding hydrogens is 348 g/mol. The summed E-state index contributed by atoms with van der Waals surface area (Å²) >= 11 is 1.64. The van der Waals surface area contributed by atoms with Crippen molar-refractivity contribution in [2.75, 3.05) is 46.3 Å². The molecule has 0 radical (unpaired) electrons. The Kier molecular flexibility index (Phi) is 5.42. The van der Waals surface area contributed by atoms with Crippen LogP contribution in [-0.4, -0.2) is 83.3 Å². The Morgan fingerprint density at radius 1 is 1.27 bits per heavy atom. The smallest absolute Gasteiger partial charge is 0.236 e. The van der Waals surface area contributed by atoms with E-state index in [4.69, 9.17) is 9.40 Å². The molecule has 4 rings (SSSR count). The van der Waals surface area contributed by atoms with Crippen LogP contribution < -0.4 is 0 Å². The highest BCUT2D eigenvalue weighted by Gasteiger charge is 2.33. The van der Waals surface area contributed by atoms with Crippen LogP contribution in [0, 0.1) is 6.92 Å². The molecule has 142 valence electrons. The summed E-state index contributed by atoms with van der Waals surface area (Å²) in [6, 6.07) is 4.34. The average Bonchev–Trinajstić information content (AvgIpc) is 3.27. The number of nitrogens with zero attached hydrogens (tertiary/aromatic N) is 4. The number of likely N-dealkylation sites (tertiary alicyclic amines) is 1. The maximum atomic E-state index is 10.7. The van der Waals surface area contributed by atoms with Crippen LogP contribution in [0.1, 0.15) is 17.9 Å². The summed E-state index contributed by atoms with van der Waals surface area (Å²) in [4.78, 5) is 12.9. The molecule has 2 aliphatic rings. The summed E-state index contributed by atoms with van der Waals surface area (Å²) in [5, 5.41) is 12.8. The molecule has 0 spiro atoms. The summed E-state index contributed by atoms with van der Waals surface area (Å²) < 4.78 is 5.85. The third-order valence-electron chi connectivity index (χ3n) is 5.64. The topological polar surface area (TPSA) is 56.0 Å². The van der Waals surface area contributed by atoms with Crippen LogP contribution in [0.3, 0.4) is 0 Å². The second-order valence-corrected chi connectivity index (χ2v) is 8.44. The number of hydrogen-bond donors (Lipinski definition) is 1. The number of piperidine rings is 1. The van der Waals surface area contributed by atoms with Gasteiger partial charge in [0.25, 0.3) is 0 Å². The largest absolute Gasteiger partial charge is 0.440 e. The number of piperazine rings is 1. The monoisotopic (exact) mass is 376 g/mol. The zero-order valence-corrected chi connectivity index (χ0v) is 16.4.